The molecule has 0 bridgehead atoms. The van der Waals surface area contributed by atoms with E-state index in [1.165, 1.54) is 25.5 Å². The Balaban J connectivity index is 1.67. The number of nitrogens with one attached hydrogen (secondary N) is 2. The Kier molecular flexibility index (Phi) is 10.0. The third-order valence-electron chi connectivity index (χ3n) is 5.36. The van der Waals surface area contributed by atoms with Gasteiger partial charge in [-0.2, -0.15) is 5.10 Å². The van der Waals surface area contributed by atoms with Crippen molar-refractivity contribution in [3.8, 4) is 11.5 Å². The number of hydrogen-bond acceptors (Lipinski definition) is 7. The number of nitrogens with zero attached hydrogens (tertiary/aromatic N) is 2. The number of carbonyl (C=O) groups is 2. The SMILES string of the molecule is COc1ccc(N(CC(=O)N/N=C\c2ccc(OCC(=O)NC(C)C)cc2)S(=O)(=O)c2ccc(C)cc2)cc1. The van der Waals surface area contributed by atoms with E-state index in [-0.39, 0.29) is 23.5 Å². The van der Waals surface area contributed by atoms with Crippen LogP contribution >= 0.6 is 0 Å². The van der Waals surface area contributed by atoms with Crippen molar-refractivity contribution < 1.29 is 27.5 Å². The molecule has 2 amide bonds. The van der Waals surface area contributed by atoms with Crippen molar-refractivity contribution >= 4 is 33.7 Å². The van der Waals surface area contributed by atoms with Gasteiger partial charge in [-0.25, -0.2) is 13.8 Å². The van der Waals surface area contributed by atoms with E-state index in [2.05, 4.69) is 15.8 Å². The third kappa shape index (κ3) is 8.57. The molecule has 0 fully saturated rings. The lowest BCUT2D eigenvalue weighted by atomic mass is 10.2. The molecule has 206 valence electrons. The summed E-state index contributed by atoms with van der Waals surface area (Å²) in [4.78, 5) is 24.5. The van der Waals surface area contributed by atoms with Crippen LogP contribution in [0, 0.1) is 6.92 Å². The number of sulfonamides is 1. The van der Waals surface area contributed by atoms with Crippen molar-refractivity contribution in [2.75, 3.05) is 24.6 Å². The van der Waals surface area contributed by atoms with Gasteiger partial charge in [0.15, 0.2) is 6.61 Å². The van der Waals surface area contributed by atoms with Gasteiger partial charge < -0.3 is 14.8 Å². The van der Waals surface area contributed by atoms with Crippen LogP contribution in [-0.2, 0) is 19.6 Å². The van der Waals surface area contributed by atoms with Crippen LogP contribution < -0.4 is 24.5 Å². The number of aryl methyl sites for hydroxylation is 1. The molecule has 39 heavy (non-hydrogen) atoms. The topological polar surface area (TPSA) is 126 Å². The van der Waals surface area contributed by atoms with Gasteiger partial charge in [-0.05, 0) is 87.0 Å². The number of rotatable bonds is 12. The summed E-state index contributed by atoms with van der Waals surface area (Å²) in [5, 5.41) is 6.69. The Labute approximate surface area is 228 Å². The molecule has 0 aliphatic heterocycles. The highest BCUT2D eigenvalue weighted by molar-refractivity contribution is 7.92. The summed E-state index contributed by atoms with van der Waals surface area (Å²) in [5.41, 5.74) is 4.25. The Morgan fingerprint density at radius 3 is 2.13 bits per heavy atom. The smallest absolute Gasteiger partial charge is 0.264 e. The highest BCUT2D eigenvalue weighted by Gasteiger charge is 2.27. The minimum atomic E-state index is -4.05. The van der Waals surface area contributed by atoms with Crippen LogP contribution in [0.2, 0.25) is 0 Å². The minimum Gasteiger partial charge on any atom is -0.497 e. The average molecular weight is 553 g/mol. The number of carbonyl (C=O) groups excluding carboxylic acids is 2. The number of anilines is 1. The number of hydrazone groups is 1. The summed E-state index contributed by atoms with van der Waals surface area (Å²) in [7, 11) is -2.54. The summed E-state index contributed by atoms with van der Waals surface area (Å²) < 4.78 is 38.5. The summed E-state index contributed by atoms with van der Waals surface area (Å²) in [6, 6.07) is 19.5. The van der Waals surface area contributed by atoms with Crippen LogP contribution in [0.5, 0.6) is 11.5 Å². The molecule has 0 aliphatic carbocycles. The predicted molar refractivity (Wildman–Crippen MR) is 150 cm³/mol. The number of benzene rings is 3. The lowest BCUT2D eigenvalue weighted by Crippen LogP contribution is -2.39. The van der Waals surface area contributed by atoms with Gasteiger partial charge in [-0.3, -0.25) is 13.9 Å². The van der Waals surface area contributed by atoms with E-state index in [9.17, 15) is 18.0 Å². The molecule has 0 atom stereocenters. The molecule has 0 unspecified atom stereocenters. The van der Waals surface area contributed by atoms with E-state index in [0.717, 1.165) is 9.87 Å². The molecule has 0 saturated carbocycles. The lowest BCUT2D eigenvalue weighted by molar-refractivity contribution is -0.123. The molecular formula is C28H32N4O6S. The van der Waals surface area contributed by atoms with Gasteiger partial charge in [-0.15, -0.1) is 0 Å². The van der Waals surface area contributed by atoms with E-state index < -0.39 is 22.5 Å². The van der Waals surface area contributed by atoms with Gasteiger partial charge in [-0.1, -0.05) is 17.7 Å². The van der Waals surface area contributed by atoms with Crippen molar-refractivity contribution in [3.63, 3.8) is 0 Å². The zero-order chi connectivity index (χ0) is 28.4. The molecule has 0 saturated heterocycles. The monoisotopic (exact) mass is 552 g/mol. The van der Waals surface area contributed by atoms with E-state index >= 15 is 0 Å². The third-order valence-corrected chi connectivity index (χ3v) is 7.15. The second-order valence-electron chi connectivity index (χ2n) is 8.90. The average Bonchev–Trinajstić information content (AvgIpc) is 2.91. The lowest BCUT2D eigenvalue weighted by Gasteiger charge is -2.24. The van der Waals surface area contributed by atoms with Gasteiger partial charge >= 0.3 is 0 Å². The molecule has 2 N–H and O–H groups in total. The zero-order valence-electron chi connectivity index (χ0n) is 22.2. The summed E-state index contributed by atoms with van der Waals surface area (Å²) in [6.07, 6.45) is 1.42. The van der Waals surface area contributed by atoms with E-state index in [4.69, 9.17) is 9.47 Å². The zero-order valence-corrected chi connectivity index (χ0v) is 23.1. The normalized spacial score (nSPS) is 11.3. The standard InChI is InChI=1S/C28H32N4O6S/c1-20(2)30-28(34)19-38-25-11-7-22(8-12-25)17-29-31-27(33)18-32(23-9-13-24(37-4)14-10-23)39(35,36)26-15-5-21(3)6-16-26/h5-17,20H,18-19H2,1-4H3,(H,30,34)(H,31,33)/b29-17-. The number of hydrogen-bond donors (Lipinski definition) is 2. The van der Waals surface area contributed by atoms with E-state index in [1.54, 1.807) is 60.7 Å². The first kappa shape index (κ1) is 29.2. The maximum absolute atomic E-state index is 13.4. The fraction of sp³-hybridized carbons (Fsp3) is 0.250. The van der Waals surface area contributed by atoms with Gasteiger partial charge in [0.25, 0.3) is 21.8 Å². The molecule has 0 radical (unpaired) electrons. The molecular weight excluding hydrogens is 520 g/mol. The van der Waals surface area contributed by atoms with Crippen molar-refractivity contribution in [3.05, 3.63) is 83.9 Å². The Morgan fingerprint density at radius 2 is 1.54 bits per heavy atom. The van der Waals surface area contributed by atoms with Gasteiger partial charge in [0, 0.05) is 6.04 Å². The van der Waals surface area contributed by atoms with Crippen molar-refractivity contribution in [2.24, 2.45) is 5.10 Å². The first-order valence-corrected chi connectivity index (χ1v) is 13.6. The summed E-state index contributed by atoms with van der Waals surface area (Å²) in [6.45, 7) is 4.99. The molecule has 3 rings (SSSR count). The van der Waals surface area contributed by atoms with Crippen LogP contribution in [-0.4, -0.2) is 52.8 Å². The summed E-state index contributed by atoms with van der Waals surface area (Å²) in [5.74, 6) is 0.211. The maximum Gasteiger partial charge on any atom is 0.264 e. The Bertz CT molecular complexity index is 1390. The number of ether oxygens (including phenoxy) is 2. The quantitative estimate of drug-likeness (QED) is 0.262. The van der Waals surface area contributed by atoms with Crippen molar-refractivity contribution in [2.45, 2.75) is 31.7 Å². The molecule has 0 heterocycles. The predicted octanol–water partition coefficient (Wildman–Crippen LogP) is 3.25. The van der Waals surface area contributed by atoms with Crippen LogP contribution in [0.4, 0.5) is 5.69 Å². The van der Waals surface area contributed by atoms with Gasteiger partial charge in [0.05, 0.1) is 23.9 Å². The van der Waals surface area contributed by atoms with Gasteiger partial charge in [0.1, 0.15) is 18.0 Å². The van der Waals surface area contributed by atoms with Gasteiger partial charge in [0.2, 0.25) is 0 Å². The van der Waals surface area contributed by atoms with E-state index in [1.807, 2.05) is 20.8 Å². The molecule has 3 aromatic carbocycles. The van der Waals surface area contributed by atoms with Crippen LogP contribution in [0.15, 0.2) is 82.8 Å². The molecule has 0 aliphatic rings. The first-order chi connectivity index (χ1) is 18.6. The molecule has 0 aromatic heterocycles. The summed E-state index contributed by atoms with van der Waals surface area (Å²) >= 11 is 0. The van der Waals surface area contributed by atoms with E-state index in [0.29, 0.717) is 22.7 Å². The van der Waals surface area contributed by atoms with Crippen molar-refractivity contribution in [1.82, 2.24) is 10.7 Å². The molecule has 11 heteroatoms. The largest absolute Gasteiger partial charge is 0.497 e. The van der Waals surface area contributed by atoms with Crippen LogP contribution in [0.25, 0.3) is 0 Å². The molecule has 10 nitrogen and oxygen atoms in total. The van der Waals surface area contributed by atoms with Crippen molar-refractivity contribution in [1.29, 1.82) is 0 Å². The van der Waals surface area contributed by atoms with Crippen LogP contribution in [0.1, 0.15) is 25.0 Å². The Hall–Kier alpha value is -4.38. The molecule has 0 spiro atoms. The fourth-order valence-corrected chi connectivity index (χ4v) is 4.83. The maximum atomic E-state index is 13.4. The Morgan fingerprint density at radius 1 is 0.923 bits per heavy atom. The first-order valence-electron chi connectivity index (χ1n) is 12.2. The number of methoxy groups -OCH3 is 1. The second-order valence-corrected chi connectivity index (χ2v) is 10.8. The highest BCUT2D eigenvalue weighted by atomic mass is 32.2. The highest BCUT2D eigenvalue weighted by Crippen LogP contribution is 2.26. The number of amides is 2. The second kappa shape index (κ2) is 13.4. The minimum absolute atomic E-state index is 0.0286. The van der Waals surface area contributed by atoms with Crippen LogP contribution in [0.3, 0.4) is 0 Å². The fourth-order valence-electron chi connectivity index (χ4n) is 3.41. The molecule has 3 aromatic rings.